The minimum absolute atomic E-state index is 0.0756. The second-order valence-corrected chi connectivity index (χ2v) is 4.76. The van der Waals surface area contributed by atoms with E-state index in [9.17, 15) is 14.7 Å². The average Bonchev–Trinajstić information content (AvgIpc) is 2.38. The molecule has 1 atom stereocenters. The first kappa shape index (κ1) is 12.8. The van der Waals surface area contributed by atoms with Crippen molar-refractivity contribution in [3.63, 3.8) is 0 Å². The summed E-state index contributed by atoms with van der Waals surface area (Å²) >= 11 is 0. The summed E-state index contributed by atoms with van der Waals surface area (Å²) in [7, 11) is 0. The van der Waals surface area contributed by atoms with Gasteiger partial charge in [-0.1, -0.05) is 6.92 Å². The number of rotatable bonds is 2. The molecule has 0 saturated heterocycles. The molecule has 0 aliphatic heterocycles. The fourth-order valence-corrected chi connectivity index (χ4v) is 2.19. The molecule has 0 aromatic carbocycles. The van der Waals surface area contributed by atoms with Crippen LogP contribution in [0.4, 0.5) is 0 Å². The van der Waals surface area contributed by atoms with Gasteiger partial charge in [0.25, 0.3) is 0 Å². The first-order valence-electron chi connectivity index (χ1n) is 5.96. The molecule has 96 valence electrons. The molecule has 2 rings (SSSR count). The lowest BCUT2D eigenvalue weighted by molar-refractivity contribution is -0.120. The van der Waals surface area contributed by atoms with E-state index in [1.54, 1.807) is 13.8 Å². The normalized spacial score (nSPS) is 22.1. The molecule has 1 N–H and O–H groups in total. The molecular formula is C14H16O4. The first-order valence-corrected chi connectivity index (χ1v) is 5.96. The summed E-state index contributed by atoms with van der Waals surface area (Å²) in [4.78, 5) is 24.2. The highest BCUT2D eigenvalue weighted by Crippen LogP contribution is 2.35. The Labute approximate surface area is 105 Å². The van der Waals surface area contributed by atoms with Crippen LogP contribution >= 0.6 is 0 Å². The summed E-state index contributed by atoms with van der Waals surface area (Å²) < 4.78 is 5.62. The summed E-state index contributed by atoms with van der Waals surface area (Å²) in [6.45, 7) is 4.91. The van der Waals surface area contributed by atoms with E-state index in [2.05, 4.69) is 0 Å². The van der Waals surface area contributed by atoms with E-state index in [1.165, 1.54) is 12.2 Å². The highest BCUT2D eigenvalue weighted by Gasteiger charge is 2.40. The van der Waals surface area contributed by atoms with Crippen molar-refractivity contribution in [3.8, 4) is 0 Å². The predicted molar refractivity (Wildman–Crippen MR) is 67.3 cm³/mol. The van der Waals surface area contributed by atoms with Crippen molar-refractivity contribution in [2.45, 2.75) is 39.2 Å². The quantitative estimate of drug-likeness (QED) is 0.865. The molecule has 1 heterocycles. The van der Waals surface area contributed by atoms with E-state index in [-0.39, 0.29) is 23.6 Å². The van der Waals surface area contributed by atoms with E-state index in [1.807, 2.05) is 6.92 Å². The molecule has 1 unspecified atom stereocenters. The van der Waals surface area contributed by atoms with Gasteiger partial charge in [-0.05, 0) is 32.4 Å². The van der Waals surface area contributed by atoms with Crippen molar-refractivity contribution in [2.24, 2.45) is 0 Å². The fraction of sp³-hybridized carbons (Fsp3) is 0.429. The van der Waals surface area contributed by atoms with Gasteiger partial charge in [0.2, 0.25) is 0 Å². The third-order valence-corrected chi connectivity index (χ3v) is 3.77. The van der Waals surface area contributed by atoms with Crippen LogP contribution in [0.25, 0.3) is 6.08 Å². The van der Waals surface area contributed by atoms with Gasteiger partial charge in [0, 0.05) is 5.56 Å². The lowest BCUT2D eigenvalue weighted by Gasteiger charge is -2.28. The third-order valence-electron chi connectivity index (χ3n) is 3.77. The van der Waals surface area contributed by atoms with Crippen molar-refractivity contribution in [1.29, 1.82) is 0 Å². The minimum Gasteiger partial charge on any atom is -0.461 e. The summed E-state index contributed by atoms with van der Waals surface area (Å²) in [6.07, 6.45) is 3.48. The number of hydrogen-bond acceptors (Lipinski definition) is 4. The Hall–Kier alpha value is -1.68. The van der Waals surface area contributed by atoms with Crippen molar-refractivity contribution in [3.05, 3.63) is 38.9 Å². The number of carbonyl (C=O) groups excluding carboxylic acids is 1. The molecule has 0 fully saturated rings. The number of aliphatic hydroxyl groups excluding tert-OH is 1. The molecule has 0 radical (unpaired) electrons. The van der Waals surface area contributed by atoms with Gasteiger partial charge < -0.3 is 9.52 Å². The molecule has 4 heteroatoms. The highest BCUT2D eigenvalue weighted by molar-refractivity contribution is 6.04. The molecule has 0 spiro atoms. The van der Waals surface area contributed by atoms with Crippen molar-refractivity contribution >= 4 is 11.9 Å². The zero-order valence-electron chi connectivity index (χ0n) is 10.7. The number of hydrogen-bond donors (Lipinski definition) is 1. The molecule has 1 aromatic heterocycles. The summed E-state index contributed by atoms with van der Waals surface area (Å²) in [5.41, 5.74) is -0.174. The van der Waals surface area contributed by atoms with Crippen molar-refractivity contribution in [1.82, 2.24) is 0 Å². The van der Waals surface area contributed by atoms with Crippen LogP contribution in [0.2, 0.25) is 0 Å². The van der Waals surface area contributed by atoms with Gasteiger partial charge in [-0.15, -0.1) is 0 Å². The maximum absolute atomic E-state index is 12.2. The van der Waals surface area contributed by atoms with Gasteiger partial charge in [0.1, 0.15) is 18.1 Å². The number of carbonyl (C=O) groups is 1. The van der Waals surface area contributed by atoms with E-state index in [0.717, 1.165) is 0 Å². The smallest absolute Gasteiger partial charge is 0.195 e. The van der Waals surface area contributed by atoms with Crippen LogP contribution in [0, 0.1) is 6.92 Å². The van der Waals surface area contributed by atoms with Gasteiger partial charge in [0.15, 0.2) is 11.2 Å². The van der Waals surface area contributed by atoms with E-state index < -0.39 is 5.41 Å². The first-order chi connectivity index (χ1) is 8.45. The number of aliphatic hydroxyl groups is 1. The Bertz CT molecular complexity index is 595. The molecular weight excluding hydrogens is 232 g/mol. The van der Waals surface area contributed by atoms with Crippen LogP contribution in [0.15, 0.2) is 15.3 Å². The van der Waals surface area contributed by atoms with E-state index in [4.69, 9.17) is 4.42 Å². The van der Waals surface area contributed by atoms with Gasteiger partial charge in [-0.25, -0.2) is 0 Å². The minimum atomic E-state index is -0.819. The standard InChI is InChI=1S/C14H16O4/c1-4-14(3)11(16)6-5-9-12(17)8(2)10(7-15)18-13(9)14/h5-6,15H,4,7H2,1-3H3. The van der Waals surface area contributed by atoms with Crippen molar-refractivity contribution < 1.29 is 14.3 Å². The largest absolute Gasteiger partial charge is 0.461 e. The fourth-order valence-electron chi connectivity index (χ4n) is 2.19. The lowest BCUT2D eigenvalue weighted by Crippen LogP contribution is -2.36. The molecule has 0 amide bonds. The number of allylic oxidation sites excluding steroid dienone is 1. The van der Waals surface area contributed by atoms with Crippen LogP contribution in [0.5, 0.6) is 0 Å². The summed E-state index contributed by atoms with van der Waals surface area (Å²) in [5.74, 6) is 0.534. The topological polar surface area (TPSA) is 67.5 Å². The SMILES string of the molecule is CCC1(C)C(=O)C=Cc2c1oc(CO)c(C)c2=O. The van der Waals surface area contributed by atoms with Crippen LogP contribution in [0.1, 0.15) is 42.9 Å². The average molecular weight is 248 g/mol. The van der Waals surface area contributed by atoms with Crippen LogP contribution in [0.3, 0.4) is 0 Å². The van der Waals surface area contributed by atoms with Crippen molar-refractivity contribution in [2.75, 3.05) is 0 Å². The lowest BCUT2D eigenvalue weighted by atomic mass is 9.75. The Kier molecular flexibility index (Phi) is 2.99. The number of fused-ring (bicyclic) bond motifs is 1. The van der Waals surface area contributed by atoms with Crippen LogP contribution < -0.4 is 5.43 Å². The molecule has 18 heavy (non-hydrogen) atoms. The second-order valence-electron chi connectivity index (χ2n) is 4.76. The molecule has 4 nitrogen and oxygen atoms in total. The highest BCUT2D eigenvalue weighted by atomic mass is 16.4. The van der Waals surface area contributed by atoms with Gasteiger partial charge in [-0.3, -0.25) is 9.59 Å². The van der Waals surface area contributed by atoms with Gasteiger partial charge in [0.05, 0.1) is 11.0 Å². The maximum atomic E-state index is 12.2. The zero-order valence-corrected chi connectivity index (χ0v) is 10.7. The maximum Gasteiger partial charge on any atom is 0.195 e. The third kappa shape index (κ3) is 1.56. The molecule has 1 aliphatic rings. The Morgan fingerprint density at radius 3 is 2.56 bits per heavy atom. The van der Waals surface area contributed by atoms with E-state index >= 15 is 0 Å². The predicted octanol–water partition coefficient (Wildman–Crippen LogP) is 1.70. The Morgan fingerprint density at radius 2 is 2.00 bits per heavy atom. The second kappa shape index (κ2) is 4.21. The monoisotopic (exact) mass is 248 g/mol. The summed E-state index contributed by atoms with van der Waals surface area (Å²) in [6, 6.07) is 0. The molecule has 1 aliphatic carbocycles. The van der Waals surface area contributed by atoms with Crippen LogP contribution in [-0.2, 0) is 16.8 Å². The molecule has 0 bridgehead atoms. The molecule has 1 aromatic rings. The van der Waals surface area contributed by atoms with E-state index in [0.29, 0.717) is 23.3 Å². The van der Waals surface area contributed by atoms with Crippen LogP contribution in [-0.4, -0.2) is 10.9 Å². The van der Waals surface area contributed by atoms with Gasteiger partial charge >= 0.3 is 0 Å². The Morgan fingerprint density at radius 1 is 1.33 bits per heavy atom. The molecule has 0 saturated carbocycles. The van der Waals surface area contributed by atoms with Gasteiger partial charge in [-0.2, -0.15) is 0 Å². The Balaban J connectivity index is 2.83. The zero-order chi connectivity index (χ0) is 13.5. The number of ketones is 1. The summed E-state index contributed by atoms with van der Waals surface area (Å²) in [5, 5.41) is 9.22.